The van der Waals surface area contributed by atoms with E-state index < -0.39 is 0 Å². The van der Waals surface area contributed by atoms with Gasteiger partial charge in [0, 0.05) is 17.6 Å². The standard InChI is InChI=1S/C21H45N/c1-16(2)17(3)21(12,13)22(15-19(7,8)9)20(10,11)14-18(4,5)6/h16-17H,14-15H2,1-13H3. The zero-order valence-corrected chi connectivity index (χ0v) is 18.0. The van der Waals surface area contributed by atoms with Crippen molar-refractivity contribution in [2.45, 2.75) is 108 Å². The molecule has 22 heavy (non-hydrogen) atoms. The average molecular weight is 312 g/mol. The number of hydrogen-bond acceptors (Lipinski definition) is 1. The molecule has 0 aliphatic rings. The zero-order chi connectivity index (χ0) is 18.1. The van der Waals surface area contributed by atoms with Crippen molar-refractivity contribution < 1.29 is 0 Å². The average Bonchev–Trinajstić information content (AvgIpc) is 2.19. The minimum absolute atomic E-state index is 0.191. The Bertz CT molecular complexity index is 336. The van der Waals surface area contributed by atoms with Crippen LogP contribution in [0.25, 0.3) is 0 Å². The molecule has 0 aliphatic heterocycles. The number of rotatable bonds is 6. The van der Waals surface area contributed by atoms with E-state index in [1.54, 1.807) is 0 Å². The second-order valence-electron chi connectivity index (χ2n) is 11.4. The van der Waals surface area contributed by atoms with Gasteiger partial charge in [-0.05, 0) is 56.8 Å². The molecule has 1 nitrogen and oxygen atoms in total. The van der Waals surface area contributed by atoms with Crippen LogP contribution in [-0.4, -0.2) is 22.5 Å². The van der Waals surface area contributed by atoms with Crippen LogP contribution in [0.5, 0.6) is 0 Å². The van der Waals surface area contributed by atoms with E-state index in [9.17, 15) is 0 Å². The molecule has 0 aromatic heterocycles. The van der Waals surface area contributed by atoms with Gasteiger partial charge in [0.1, 0.15) is 0 Å². The van der Waals surface area contributed by atoms with Gasteiger partial charge >= 0.3 is 0 Å². The lowest BCUT2D eigenvalue weighted by atomic mass is 9.73. The Kier molecular flexibility index (Phi) is 6.82. The van der Waals surface area contributed by atoms with Crippen LogP contribution in [0.2, 0.25) is 0 Å². The van der Waals surface area contributed by atoms with Gasteiger partial charge in [0.2, 0.25) is 0 Å². The molecular weight excluding hydrogens is 266 g/mol. The molecule has 0 spiro atoms. The first-order valence-corrected chi connectivity index (χ1v) is 9.18. The summed E-state index contributed by atoms with van der Waals surface area (Å²) in [5.41, 5.74) is 1.04. The Labute approximate surface area is 142 Å². The van der Waals surface area contributed by atoms with Crippen molar-refractivity contribution in [1.82, 2.24) is 4.90 Å². The fraction of sp³-hybridized carbons (Fsp3) is 1.00. The van der Waals surface area contributed by atoms with Crippen LogP contribution >= 0.6 is 0 Å². The van der Waals surface area contributed by atoms with Gasteiger partial charge in [0.15, 0.2) is 0 Å². The molecule has 0 saturated carbocycles. The molecule has 134 valence electrons. The molecule has 0 radical (unpaired) electrons. The molecule has 0 aromatic rings. The summed E-state index contributed by atoms with van der Waals surface area (Å²) >= 11 is 0. The molecule has 1 unspecified atom stereocenters. The fourth-order valence-corrected chi connectivity index (χ4v) is 4.13. The third-order valence-electron chi connectivity index (χ3n) is 5.14. The van der Waals surface area contributed by atoms with Crippen LogP contribution in [0.3, 0.4) is 0 Å². The Balaban J connectivity index is 5.74. The number of hydrogen-bond donors (Lipinski definition) is 0. The molecule has 0 aliphatic carbocycles. The van der Waals surface area contributed by atoms with E-state index in [0.717, 1.165) is 6.54 Å². The monoisotopic (exact) mass is 311 g/mol. The van der Waals surface area contributed by atoms with Gasteiger partial charge in [-0.15, -0.1) is 0 Å². The van der Waals surface area contributed by atoms with E-state index in [4.69, 9.17) is 0 Å². The lowest BCUT2D eigenvalue weighted by molar-refractivity contribution is -0.0622. The topological polar surface area (TPSA) is 3.24 Å². The molecular formula is C21H45N. The fourth-order valence-electron chi connectivity index (χ4n) is 4.13. The van der Waals surface area contributed by atoms with Gasteiger partial charge in [-0.2, -0.15) is 0 Å². The highest BCUT2D eigenvalue weighted by molar-refractivity contribution is 4.98. The minimum Gasteiger partial charge on any atom is -0.292 e. The number of nitrogens with zero attached hydrogens (tertiary/aromatic N) is 1. The first-order chi connectivity index (χ1) is 9.40. The van der Waals surface area contributed by atoms with Crippen molar-refractivity contribution in [2.75, 3.05) is 6.54 Å². The SMILES string of the molecule is CC(C)C(C)C(C)(C)N(CC(C)(C)C)C(C)(C)CC(C)(C)C. The quantitative estimate of drug-likeness (QED) is 0.532. The van der Waals surface area contributed by atoms with Crippen LogP contribution in [0.15, 0.2) is 0 Å². The minimum atomic E-state index is 0.191. The van der Waals surface area contributed by atoms with E-state index in [1.165, 1.54) is 6.42 Å². The van der Waals surface area contributed by atoms with Gasteiger partial charge in [-0.1, -0.05) is 62.3 Å². The Morgan fingerprint density at radius 1 is 0.682 bits per heavy atom. The zero-order valence-electron chi connectivity index (χ0n) is 18.0. The molecule has 0 aromatic carbocycles. The highest BCUT2D eigenvalue weighted by Gasteiger charge is 2.44. The van der Waals surface area contributed by atoms with E-state index >= 15 is 0 Å². The van der Waals surface area contributed by atoms with Crippen molar-refractivity contribution >= 4 is 0 Å². The smallest absolute Gasteiger partial charge is 0.0186 e. The Morgan fingerprint density at radius 3 is 1.36 bits per heavy atom. The normalized spacial score (nSPS) is 16.5. The molecule has 0 bridgehead atoms. The summed E-state index contributed by atoms with van der Waals surface area (Å²) in [6, 6.07) is 0. The maximum Gasteiger partial charge on any atom is 0.0186 e. The van der Waals surface area contributed by atoms with Crippen LogP contribution in [0.4, 0.5) is 0 Å². The highest BCUT2D eigenvalue weighted by atomic mass is 15.3. The van der Waals surface area contributed by atoms with Crippen molar-refractivity contribution in [1.29, 1.82) is 0 Å². The van der Waals surface area contributed by atoms with Gasteiger partial charge in [-0.3, -0.25) is 4.90 Å². The van der Waals surface area contributed by atoms with E-state index in [1.807, 2.05) is 0 Å². The summed E-state index contributed by atoms with van der Waals surface area (Å²) in [6.45, 7) is 32.3. The van der Waals surface area contributed by atoms with Crippen molar-refractivity contribution in [3.05, 3.63) is 0 Å². The third-order valence-corrected chi connectivity index (χ3v) is 5.14. The lowest BCUT2D eigenvalue weighted by Gasteiger charge is -2.55. The molecule has 0 amide bonds. The summed E-state index contributed by atoms with van der Waals surface area (Å²) in [5.74, 6) is 1.36. The molecule has 0 N–H and O–H groups in total. The first kappa shape index (κ1) is 22.0. The summed E-state index contributed by atoms with van der Waals surface area (Å²) in [7, 11) is 0. The predicted octanol–water partition coefficient (Wildman–Crippen LogP) is 6.62. The van der Waals surface area contributed by atoms with Gasteiger partial charge < -0.3 is 0 Å². The van der Waals surface area contributed by atoms with Crippen molar-refractivity contribution in [3.8, 4) is 0 Å². The van der Waals surface area contributed by atoms with E-state index in [0.29, 0.717) is 22.7 Å². The van der Waals surface area contributed by atoms with Gasteiger partial charge in [0.05, 0.1) is 0 Å². The van der Waals surface area contributed by atoms with Crippen LogP contribution in [-0.2, 0) is 0 Å². The summed E-state index contributed by atoms with van der Waals surface area (Å²) in [6.07, 6.45) is 1.21. The van der Waals surface area contributed by atoms with Crippen LogP contribution in [0.1, 0.15) is 96.4 Å². The van der Waals surface area contributed by atoms with Gasteiger partial charge in [0.25, 0.3) is 0 Å². The second-order valence-corrected chi connectivity index (χ2v) is 11.4. The lowest BCUT2D eigenvalue weighted by Crippen LogP contribution is -2.61. The molecule has 0 rings (SSSR count). The van der Waals surface area contributed by atoms with Crippen LogP contribution < -0.4 is 0 Å². The maximum atomic E-state index is 2.80. The largest absolute Gasteiger partial charge is 0.292 e. The Morgan fingerprint density at radius 2 is 1.09 bits per heavy atom. The predicted molar refractivity (Wildman–Crippen MR) is 102 cm³/mol. The van der Waals surface area contributed by atoms with E-state index in [2.05, 4.69) is 94.9 Å². The van der Waals surface area contributed by atoms with Crippen molar-refractivity contribution in [3.63, 3.8) is 0 Å². The molecule has 0 fully saturated rings. The second kappa shape index (κ2) is 6.83. The van der Waals surface area contributed by atoms with Crippen molar-refractivity contribution in [2.24, 2.45) is 22.7 Å². The molecule has 1 atom stereocenters. The highest BCUT2D eigenvalue weighted by Crippen LogP contribution is 2.41. The molecule has 1 heteroatoms. The Hall–Kier alpha value is -0.0400. The summed E-state index contributed by atoms with van der Waals surface area (Å²) < 4.78 is 0. The maximum absolute atomic E-state index is 2.80. The third kappa shape index (κ3) is 6.60. The van der Waals surface area contributed by atoms with E-state index in [-0.39, 0.29) is 11.1 Å². The molecule has 0 heterocycles. The first-order valence-electron chi connectivity index (χ1n) is 9.18. The van der Waals surface area contributed by atoms with Crippen LogP contribution in [0, 0.1) is 22.7 Å². The molecule has 0 saturated heterocycles. The summed E-state index contributed by atoms with van der Waals surface area (Å²) in [4.78, 5) is 2.80. The van der Waals surface area contributed by atoms with Gasteiger partial charge in [-0.25, -0.2) is 0 Å². The summed E-state index contributed by atoms with van der Waals surface area (Å²) in [5, 5.41) is 0.